The van der Waals surface area contributed by atoms with Gasteiger partial charge in [0.2, 0.25) is 0 Å². The van der Waals surface area contributed by atoms with Gasteiger partial charge in [0, 0.05) is 12.8 Å². The minimum absolute atomic E-state index is 0.0338. The van der Waals surface area contributed by atoms with Crippen molar-refractivity contribution >= 4 is 19.8 Å². The first-order chi connectivity index (χ1) is 27.5. The van der Waals surface area contributed by atoms with E-state index in [1.807, 2.05) is 21.1 Å². The van der Waals surface area contributed by atoms with Crippen molar-refractivity contribution in [3.05, 3.63) is 36.5 Å². The molecule has 9 nitrogen and oxygen atoms in total. The number of quaternary nitrogens is 1. The summed E-state index contributed by atoms with van der Waals surface area (Å²) in [6.45, 7) is 4.11. The third kappa shape index (κ3) is 43.6. The molecular weight excluding hydrogens is 737 g/mol. The molecule has 0 aliphatic carbocycles. The molecule has 334 valence electrons. The van der Waals surface area contributed by atoms with Gasteiger partial charge in [-0.3, -0.25) is 14.2 Å². The zero-order valence-corrected chi connectivity index (χ0v) is 38.4. The van der Waals surface area contributed by atoms with Crippen molar-refractivity contribution in [1.29, 1.82) is 0 Å². The second kappa shape index (κ2) is 39.7. The van der Waals surface area contributed by atoms with E-state index in [9.17, 15) is 19.0 Å². The van der Waals surface area contributed by atoms with Gasteiger partial charge in [0.15, 0.2) is 6.10 Å². The number of hydrogen-bond donors (Lipinski definition) is 0. The quantitative estimate of drug-likeness (QED) is 0.0197. The van der Waals surface area contributed by atoms with Gasteiger partial charge < -0.3 is 27.9 Å². The maximum absolute atomic E-state index is 12.7. The fourth-order valence-electron chi connectivity index (χ4n) is 6.32. The Morgan fingerprint density at radius 1 is 0.561 bits per heavy atom. The van der Waals surface area contributed by atoms with E-state index in [1.165, 1.54) is 96.3 Å². The predicted octanol–water partition coefficient (Wildman–Crippen LogP) is 12.7. The van der Waals surface area contributed by atoms with Gasteiger partial charge in [-0.2, -0.15) is 0 Å². The standard InChI is InChI=1S/C47H88NO8P/c1-6-8-10-12-14-16-18-20-22-23-24-26-27-29-31-33-35-37-39-46(49)53-43-45(44-55-57(51,52)54-42-41-48(3,4)5)56-47(50)40-38-36-34-32-30-28-25-21-19-17-15-13-11-9-7-2/h9,11,15,17,21,25,45H,6-8,10,12-14,16,18-20,22-24,26-44H2,1-5H3/b11-9-,17-15-,25-21-/t45-/m1/s1. The van der Waals surface area contributed by atoms with Crippen molar-refractivity contribution in [2.75, 3.05) is 47.5 Å². The van der Waals surface area contributed by atoms with Crippen LogP contribution in [0.25, 0.3) is 0 Å². The lowest BCUT2D eigenvalue weighted by Crippen LogP contribution is -2.37. The number of likely N-dealkylation sites (N-methyl/N-ethyl adjacent to an activating group) is 1. The summed E-state index contributed by atoms with van der Waals surface area (Å²) >= 11 is 0. The first-order valence-electron chi connectivity index (χ1n) is 23.2. The second-order valence-electron chi connectivity index (χ2n) is 16.7. The van der Waals surface area contributed by atoms with E-state index in [1.54, 1.807) is 0 Å². The number of carbonyl (C=O) groups is 2. The summed E-state index contributed by atoms with van der Waals surface area (Å²) in [5, 5.41) is 0. The molecule has 0 aliphatic heterocycles. The van der Waals surface area contributed by atoms with Crippen LogP contribution in [0.5, 0.6) is 0 Å². The van der Waals surface area contributed by atoms with Gasteiger partial charge in [-0.05, 0) is 44.9 Å². The van der Waals surface area contributed by atoms with E-state index in [-0.39, 0.29) is 32.0 Å². The number of allylic oxidation sites excluding steroid dienone is 6. The van der Waals surface area contributed by atoms with Crippen LogP contribution >= 0.6 is 7.82 Å². The average molecular weight is 826 g/mol. The molecule has 0 saturated carbocycles. The van der Waals surface area contributed by atoms with Crippen molar-refractivity contribution in [3.63, 3.8) is 0 Å². The maximum Gasteiger partial charge on any atom is 0.306 e. The fourth-order valence-corrected chi connectivity index (χ4v) is 7.05. The van der Waals surface area contributed by atoms with Crippen LogP contribution < -0.4 is 4.89 Å². The molecule has 1 unspecified atom stereocenters. The van der Waals surface area contributed by atoms with Crippen LogP contribution in [0.15, 0.2) is 36.5 Å². The molecule has 0 bridgehead atoms. The zero-order chi connectivity index (χ0) is 42.1. The normalized spacial score (nSPS) is 13.9. The predicted molar refractivity (Wildman–Crippen MR) is 236 cm³/mol. The van der Waals surface area contributed by atoms with Crippen LogP contribution in [0.1, 0.15) is 200 Å². The Bertz CT molecular complexity index is 1070. The minimum Gasteiger partial charge on any atom is -0.756 e. The van der Waals surface area contributed by atoms with Crippen molar-refractivity contribution in [2.45, 2.75) is 206 Å². The fraction of sp³-hybridized carbons (Fsp3) is 0.830. The molecule has 0 aliphatic rings. The molecule has 10 heteroatoms. The number of rotatable bonds is 42. The number of phosphoric ester groups is 1. The molecule has 0 saturated heterocycles. The van der Waals surface area contributed by atoms with Gasteiger partial charge in [-0.1, -0.05) is 179 Å². The maximum atomic E-state index is 12.7. The lowest BCUT2D eigenvalue weighted by Gasteiger charge is -2.28. The topological polar surface area (TPSA) is 111 Å². The summed E-state index contributed by atoms with van der Waals surface area (Å²) in [7, 11) is 1.16. The molecule has 0 radical (unpaired) electrons. The van der Waals surface area contributed by atoms with Crippen LogP contribution in [-0.2, 0) is 32.7 Å². The highest BCUT2D eigenvalue weighted by atomic mass is 31.2. The Hall–Kier alpha value is -1.77. The Kier molecular flexibility index (Phi) is 38.4. The molecule has 0 aromatic rings. The van der Waals surface area contributed by atoms with E-state index >= 15 is 0 Å². The van der Waals surface area contributed by atoms with Gasteiger partial charge in [-0.15, -0.1) is 0 Å². The van der Waals surface area contributed by atoms with Crippen molar-refractivity contribution in [2.24, 2.45) is 0 Å². The lowest BCUT2D eigenvalue weighted by molar-refractivity contribution is -0.870. The SMILES string of the molecule is CC/C=C\C/C=C\C/C=C\CCCCCCCC(=O)O[C@H](COC(=O)CCCCCCCCCCCCCCCCCCCC)COP(=O)([O-])OCC[N+](C)(C)C. The lowest BCUT2D eigenvalue weighted by atomic mass is 10.0. The van der Waals surface area contributed by atoms with Crippen LogP contribution in [0.4, 0.5) is 0 Å². The third-order valence-electron chi connectivity index (χ3n) is 9.92. The first kappa shape index (κ1) is 55.2. The number of phosphoric acid groups is 1. The second-order valence-corrected chi connectivity index (χ2v) is 18.2. The van der Waals surface area contributed by atoms with E-state index in [0.717, 1.165) is 70.6 Å². The molecule has 0 spiro atoms. The number of esters is 2. The van der Waals surface area contributed by atoms with Gasteiger partial charge in [0.05, 0.1) is 27.7 Å². The molecule has 2 atom stereocenters. The minimum atomic E-state index is -4.63. The summed E-state index contributed by atoms with van der Waals surface area (Å²) in [5.41, 5.74) is 0. The number of hydrogen-bond acceptors (Lipinski definition) is 8. The van der Waals surface area contributed by atoms with Gasteiger partial charge >= 0.3 is 11.9 Å². The molecule has 0 fully saturated rings. The van der Waals surface area contributed by atoms with E-state index in [0.29, 0.717) is 17.4 Å². The monoisotopic (exact) mass is 826 g/mol. The van der Waals surface area contributed by atoms with Crippen LogP contribution in [-0.4, -0.2) is 70.0 Å². The average Bonchev–Trinajstić information content (AvgIpc) is 3.16. The van der Waals surface area contributed by atoms with Crippen molar-refractivity contribution < 1.29 is 42.1 Å². The zero-order valence-electron chi connectivity index (χ0n) is 37.5. The molecule has 57 heavy (non-hydrogen) atoms. The van der Waals surface area contributed by atoms with Gasteiger partial charge in [0.1, 0.15) is 19.8 Å². The Morgan fingerprint density at radius 3 is 1.49 bits per heavy atom. The van der Waals surface area contributed by atoms with Gasteiger partial charge in [-0.25, -0.2) is 0 Å². The number of nitrogens with zero attached hydrogens (tertiary/aromatic N) is 1. The molecule has 0 aromatic carbocycles. The molecule has 0 heterocycles. The smallest absolute Gasteiger partial charge is 0.306 e. The molecule has 0 N–H and O–H groups in total. The van der Waals surface area contributed by atoms with E-state index < -0.39 is 26.5 Å². The molecule has 0 rings (SSSR count). The molecule has 0 aromatic heterocycles. The molecule has 0 amide bonds. The van der Waals surface area contributed by atoms with Crippen molar-refractivity contribution in [3.8, 4) is 0 Å². The Morgan fingerprint density at radius 2 is 1.00 bits per heavy atom. The van der Waals surface area contributed by atoms with Gasteiger partial charge in [0.25, 0.3) is 7.82 Å². The van der Waals surface area contributed by atoms with Crippen LogP contribution in [0.2, 0.25) is 0 Å². The van der Waals surface area contributed by atoms with Crippen molar-refractivity contribution in [1.82, 2.24) is 0 Å². The Labute approximate surface area is 351 Å². The summed E-state index contributed by atoms with van der Waals surface area (Å²) in [4.78, 5) is 37.6. The first-order valence-corrected chi connectivity index (χ1v) is 24.7. The largest absolute Gasteiger partial charge is 0.756 e. The van der Waals surface area contributed by atoms with Crippen LogP contribution in [0.3, 0.4) is 0 Å². The van der Waals surface area contributed by atoms with E-state index in [2.05, 4.69) is 50.3 Å². The van der Waals surface area contributed by atoms with Crippen LogP contribution in [0, 0.1) is 0 Å². The number of carbonyl (C=O) groups excluding carboxylic acids is 2. The van der Waals surface area contributed by atoms with E-state index in [4.69, 9.17) is 18.5 Å². The number of ether oxygens (including phenoxy) is 2. The molecular formula is C47H88NO8P. The summed E-state index contributed by atoms with van der Waals surface area (Å²) in [5.74, 6) is -0.848. The highest BCUT2D eigenvalue weighted by Crippen LogP contribution is 2.38. The highest BCUT2D eigenvalue weighted by molar-refractivity contribution is 7.45. The number of unbranched alkanes of at least 4 members (excludes halogenated alkanes) is 22. The Balaban J connectivity index is 4.31. The summed E-state index contributed by atoms with van der Waals surface area (Å²) < 4.78 is 33.9. The highest BCUT2D eigenvalue weighted by Gasteiger charge is 2.21. The summed E-state index contributed by atoms with van der Waals surface area (Å²) in [6.07, 6.45) is 44.6. The summed E-state index contributed by atoms with van der Waals surface area (Å²) in [6, 6.07) is 0. The third-order valence-corrected chi connectivity index (χ3v) is 10.9.